The van der Waals surface area contributed by atoms with Crippen molar-refractivity contribution in [3.8, 4) is 11.5 Å². The van der Waals surface area contributed by atoms with Gasteiger partial charge in [0.15, 0.2) is 6.23 Å². The van der Waals surface area contributed by atoms with Gasteiger partial charge in [0.25, 0.3) is 5.91 Å². The number of carbonyl (C=O) groups is 1. The van der Waals surface area contributed by atoms with Gasteiger partial charge in [0.2, 0.25) is 0 Å². The Kier molecular flexibility index (Phi) is 9.21. The number of hydrogen-bond acceptors (Lipinski definition) is 9. The first-order valence-electron chi connectivity index (χ1n) is 16.7. The molecule has 1 amide bonds. The van der Waals surface area contributed by atoms with Crippen molar-refractivity contribution in [2.75, 3.05) is 39.7 Å². The van der Waals surface area contributed by atoms with E-state index in [-0.39, 0.29) is 18.3 Å². The van der Waals surface area contributed by atoms with E-state index in [9.17, 15) is 14.7 Å². The summed E-state index contributed by atoms with van der Waals surface area (Å²) >= 11 is 0. The smallest absolute Gasteiger partial charge is 0.351 e. The number of methoxy groups -OCH3 is 2. The van der Waals surface area contributed by atoms with Crippen LogP contribution in [0.5, 0.6) is 11.5 Å². The summed E-state index contributed by atoms with van der Waals surface area (Å²) in [5.74, 6) is 1.19. The number of amides is 1. The molecule has 3 heterocycles. The molecule has 2 saturated heterocycles. The zero-order valence-electron chi connectivity index (χ0n) is 28.9. The third-order valence-corrected chi connectivity index (χ3v) is 9.92. The topological polar surface area (TPSA) is 124 Å². The van der Waals surface area contributed by atoms with Crippen LogP contribution < -0.4 is 20.5 Å². The third kappa shape index (κ3) is 6.08. The fraction of sp³-hybridized carbons (Fsp3) is 0.275. The predicted octanol–water partition coefficient (Wildman–Crippen LogP) is 4.77. The van der Waals surface area contributed by atoms with E-state index < -0.39 is 35.3 Å². The fourth-order valence-electron chi connectivity index (χ4n) is 7.30. The van der Waals surface area contributed by atoms with Crippen molar-refractivity contribution in [1.29, 1.82) is 0 Å². The van der Waals surface area contributed by atoms with E-state index in [2.05, 4.69) is 10.3 Å². The monoisotopic (exact) mass is 688 g/mol. The number of morpholine rings is 1. The Morgan fingerprint density at radius 2 is 1.45 bits per heavy atom. The Labute approximate surface area is 296 Å². The molecule has 2 N–H and O–H groups in total. The zero-order valence-corrected chi connectivity index (χ0v) is 28.9. The number of nitrogens with zero attached hydrogens (tertiary/aromatic N) is 3. The van der Waals surface area contributed by atoms with Crippen LogP contribution in [0.3, 0.4) is 0 Å². The number of aliphatic hydroxyl groups excluding tert-OH is 1. The first-order chi connectivity index (χ1) is 24.7. The van der Waals surface area contributed by atoms with Crippen LogP contribution in [-0.2, 0) is 15.1 Å². The van der Waals surface area contributed by atoms with Crippen molar-refractivity contribution in [1.82, 2.24) is 14.5 Å². The summed E-state index contributed by atoms with van der Waals surface area (Å²) in [6.45, 7) is 2.09. The van der Waals surface area contributed by atoms with Crippen LogP contribution in [0.25, 0.3) is 0 Å². The molecule has 7 rings (SSSR count). The number of aliphatic hydroxyl groups is 1. The molecule has 11 heteroatoms. The highest BCUT2D eigenvalue weighted by molar-refractivity contribution is 6.04. The molecule has 2 aliphatic heterocycles. The van der Waals surface area contributed by atoms with E-state index in [1.54, 1.807) is 51.6 Å². The molecule has 2 bridgehead atoms. The number of ether oxygens (including phenoxy) is 4. The Morgan fingerprint density at radius 1 is 0.902 bits per heavy atom. The predicted molar refractivity (Wildman–Crippen MR) is 191 cm³/mol. The summed E-state index contributed by atoms with van der Waals surface area (Å²) in [6, 6.07) is 33.5. The molecular weight excluding hydrogens is 648 g/mol. The largest absolute Gasteiger partial charge is 0.497 e. The van der Waals surface area contributed by atoms with Crippen molar-refractivity contribution in [2.24, 2.45) is 0 Å². The lowest BCUT2D eigenvalue weighted by molar-refractivity contribution is -0.176. The number of likely N-dealkylation sites (tertiary alicyclic amines) is 1. The number of likely N-dealkylation sites (N-methyl/N-ethyl adjacent to an activating group) is 1. The Bertz CT molecular complexity index is 2010. The van der Waals surface area contributed by atoms with E-state index in [0.717, 1.165) is 16.7 Å². The van der Waals surface area contributed by atoms with Crippen LogP contribution in [-0.4, -0.2) is 77.6 Å². The van der Waals surface area contributed by atoms with Gasteiger partial charge in [-0.15, -0.1) is 0 Å². The number of carbonyl (C=O) groups excluding carboxylic acids is 1. The van der Waals surface area contributed by atoms with Crippen molar-refractivity contribution in [3.05, 3.63) is 154 Å². The summed E-state index contributed by atoms with van der Waals surface area (Å²) < 4.78 is 26.2. The number of rotatable bonds is 11. The lowest BCUT2D eigenvalue weighted by Gasteiger charge is -2.41. The van der Waals surface area contributed by atoms with Crippen LogP contribution in [0.2, 0.25) is 0 Å². The average Bonchev–Trinajstić information content (AvgIpc) is 3.58. The number of fused-ring (bicyclic) bond motifs is 2. The minimum Gasteiger partial charge on any atom is -0.497 e. The highest BCUT2D eigenvalue weighted by Gasteiger charge is 2.64. The summed E-state index contributed by atoms with van der Waals surface area (Å²) in [7, 11) is 5.14. The molecule has 2 aliphatic rings. The molecule has 0 spiro atoms. The van der Waals surface area contributed by atoms with Gasteiger partial charge in [0.1, 0.15) is 34.6 Å². The third-order valence-electron chi connectivity index (χ3n) is 9.92. The average molecular weight is 689 g/mol. The van der Waals surface area contributed by atoms with Gasteiger partial charge >= 0.3 is 5.69 Å². The lowest BCUT2D eigenvalue weighted by Crippen LogP contribution is -2.50. The van der Waals surface area contributed by atoms with Crippen molar-refractivity contribution >= 4 is 11.7 Å². The summed E-state index contributed by atoms with van der Waals surface area (Å²) in [5.41, 5.74) is 0.605. The van der Waals surface area contributed by atoms with Gasteiger partial charge in [-0.3, -0.25) is 14.3 Å². The first kappa shape index (κ1) is 34.1. The quantitative estimate of drug-likeness (QED) is 0.189. The molecule has 0 unspecified atom stereocenters. The maximum absolute atomic E-state index is 13.5. The standard InChI is InChI=1S/C40H40N4O7/c1-26-23-44(38(47)42-35(26)41-36(46)27-11-7-5-8-12-27)37-33-34(45)39(51-37,24-43(33)2)25-50-40(28-13-9-6-10-14-28,29-15-19-31(48-3)20-16-29)30-17-21-32(49-4)22-18-30/h5-23,33-34,37,45H,24-25H2,1-4H3,(H,41,42,46,47)/t33-,34+,37-,39-/m1/s1. The second kappa shape index (κ2) is 13.8. The zero-order chi connectivity index (χ0) is 35.8. The molecule has 51 heavy (non-hydrogen) atoms. The number of aryl methyl sites for hydroxylation is 1. The van der Waals surface area contributed by atoms with E-state index in [1.165, 1.54) is 4.57 Å². The maximum atomic E-state index is 13.5. The second-order valence-corrected chi connectivity index (χ2v) is 13.0. The second-order valence-electron chi connectivity index (χ2n) is 13.0. The van der Waals surface area contributed by atoms with E-state index >= 15 is 0 Å². The van der Waals surface area contributed by atoms with Crippen molar-refractivity contribution in [2.45, 2.75) is 36.5 Å². The van der Waals surface area contributed by atoms with Crippen LogP contribution in [0.4, 0.5) is 5.82 Å². The number of hydrogen-bond donors (Lipinski definition) is 2. The molecule has 5 aromatic rings. The van der Waals surface area contributed by atoms with Gasteiger partial charge in [-0.05, 0) is 67.1 Å². The molecule has 11 nitrogen and oxygen atoms in total. The van der Waals surface area contributed by atoms with E-state index in [4.69, 9.17) is 18.9 Å². The molecule has 4 aromatic carbocycles. The fourth-order valence-corrected chi connectivity index (χ4v) is 7.30. The van der Waals surface area contributed by atoms with Gasteiger partial charge in [-0.2, -0.15) is 4.98 Å². The summed E-state index contributed by atoms with van der Waals surface area (Å²) in [6.07, 6.45) is -0.259. The van der Waals surface area contributed by atoms with Crippen LogP contribution in [0, 0.1) is 6.92 Å². The van der Waals surface area contributed by atoms with Crippen molar-refractivity contribution < 1.29 is 28.8 Å². The molecular formula is C40H40N4O7. The van der Waals surface area contributed by atoms with E-state index in [0.29, 0.717) is 29.2 Å². The molecule has 2 fully saturated rings. The van der Waals surface area contributed by atoms with Crippen molar-refractivity contribution in [3.63, 3.8) is 0 Å². The van der Waals surface area contributed by atoms with Crippen LogP contribution in [0.1, 0.15) is 38.8 Å². The van der Waals surface area contributed by atoms with Gasteiger partial charge in [0, 0.05) is 23.9 Å². The highest BCUT2D eigenvalue weighted by atomic mass is 16.6. The molecule has 0 aliphatic carbocycles. The maximum Gasteiger partial charge on any atom is 0.351 e. The van der Waals surface area contributed by atoms with Gasteiger partial charge in [0.05, 0.1) is 26.9 Å². The molecule has 0 saturated carbocycles. The Balaban J connectivity index is 1.24. The SMILES string of the molecule is COc1ccc(C(OC[C@@]23CN(C)[C@@H]([C@H](n4cc(C)c(NC(=O)c5ccccc5)nc4=O)O2)[C@@H]3O)(c2ccccc2)c2ccc(OC)cc2)cc1. The first-order valence-corrected chi connectivity index (χ1v) is 16.7. The van der Waals surface area contributed by atoms with E-state index in [1.807, 2.05) is 96.9 Å². The van der Waals surface area contributed by atoms with Gasteiger partial charge in [-0.25, -0.2) is 4.79 Å². The van der Waals surface area contributed by atoms with Gasteiger partial charge in [-0.1, -0.05) is 72.8 Å². The molecule has 4 atom stereocenters. The van der Waals surface area contributed by atoms with Gasteiger partial charge < -0.3 is 29.4 Å². The summed E-state index contributed by atoms with van der Waals surface area (Å²) in [5, 5.41) is 14.7. The Hall–Kier alpha value is -5.33. The summed E-state index contributed by atoms with van der Waals surface area (Å²) in [4.78, 5) is 32.6. The lowest BCUT2D eigenvalue weighted by atomic mass is 9.79. The normalized spacial score (nSPS) is 21.4. The number of benzene rings is 4. The van der Waals surface area contributed by atoms with Crippen LogP contribution >= 0.6 is 0 Å². The highest BCUT2D eigenvalue weighted by Crippen LogP contribution is 2.49. The Morgan fingerprint density at radius 3 is 2.02 bits per heavy atom. The molecule has 0 radical (unpaired) electrons. The minimum absolute atomic E-state index is 0.0230. The number of aromatic nitrogens is 2. The number of nitrogens with one attached hydrogen (secondary N) is 1. The van der Waals surface area contributed by atoms with Crippen LogP contribution in [0.15, 0.2) is 120 Å². The minimum atomic E-state index is -1.20. The number of anilines is 1. The molecule has 1 aromatic heterocycles. The molecule has 262 valence electrons.